The quantitative estimate of drug-likeness (QED) is 0.385. The van der Waals surface area contributed by atoms with Gasteiger partial charge in [0.1, 0.15) is 12.4 Å². The molecule has 0 bridgehead atoms. The Labute approximate surface area is 144 Å². The molecule has 0 heterocycles. The van der Waals surface area contributed by atoms with E-state index in [4.69, 9.17) is 4.74 Å². The number of nitrogens with one attached hydrogen (secondary N) is 3. The summed E-state index contributed by atoms with van der Waals surface area (Å²) in [7, 11) is 1.71. The molecule has 1 aliphatic rings. The molecule has 1 amide bonds. The Kier molecular flexibility index (Phi) is 7.93. The van der Waals surface area contributed by atoms with Gasteiger partial charge in [-0.15, -0.1) is 0 Å². The van der Waals surface area contributed by atoms with Gasteiger partial charge in [0, 0.05) is 26.1 Å². The fourth-order valence-corrected chi connectivity index (χ4v) is 2.74. The molecule has 6 heteroatoms. The highest BCUT2D eigenvalue weighted by atomic mass is 16.5. The normalized spacial score (nSPS) is 15.1. The number of nitrogens with zero attached hydrogens (tertiary/aromatic N) is 1. The van der Waals surface area contributed by atoms with Crippen molar-refractivity contribution in [1.29, 1.82) is 0 Å². The molecule has 2 rings (SSSR count). The fourth-order valence-electron chi connectivity index (χ4n) is 2.74. The summed E-state index contributed by atoms with van der Waals surface area (Å²) in [5.41, 5.74) is 0. The fraction of sp³-hybridized carbons (Fsp3) is 0.556. The van der Waals surface area contributed by atoms with Gasteiger partial charge in [-0.25, -0.2) is 0 Å². The van der Waals surface area contributed by atoms with Crippen LogP contribution in [-0.4, -0.2) is 44.7 Å². The summed E-state index contributed by atoms with van der Waals surface area (Å²) in [6, 6.07) is 10.1. The van der Waals surface area contributed by atoms with E-state index in [1.807, 2.05) is 30.3 Å². The number of carbonyl (C=O) groups is 1. The van der Waals surface area contributed by atoms with Crippen LogP contribution in [0.15, 0.2) is 35.3 Å². The summed E-state index contributed by atoms with van der Waals surface area (Å²) < 4.78 is 5.61. The molecule has 1 aliphatic carbocycles. The summed E-state index contributed by atoms with van der Waals surface area (Å²) >= 11 is 0. The van der Waals surface area contributed by atoms with E-state index in [0.29, 0.717) is 38.1 Å². The largest absolute Gasteiger partial charge is 0.492 e. The molecule has 1 fully saturated rings. The van der Waals surface area contributed by atoms with Gasteiger partial charge in [-0.1, -0.05) is 31.0 Å². The van der Waals surface area contributed by atoms with Gasteiger partial charge in [-0.2, -0.15) is 0 Å². The molecule has 0 atom stereocenters. The van der Waals surface area contributed by atoms with E-state index >= 15 is 0 Å². The second kappa shape index (κ2) is 10.5. The zero-order chi connectivity index (χ0) is 17.0. The van der Waals surface area contributed by atoms with Crippen LogP contribution in [0.3, 0.4) is 0 Å². The van der Waals surface area contributed by atoms with Gasteiger partial charge in [0.25, 0.3) is 0 Å². The highest BCUT2D eigenvalue weighted by Crippen LogP contribution is 2.17. The average Bonchev–Trinajstić information content (AvgIpc) is 3.11. The number of ether oxygens (including phenoxy) is 1. The molecule has 0 aromatic heterocycles. The van der Waals surface area contributed by atoms with Crippen molar-refractivity contribution < 1.29 is 9.53 Å². The topological polar surface area (TPSA) is 74.8 Å². The van der Waals surface area contributed by atoms with Crippen molar-refractivity contribution in [3.8, 4) is 5.75 Å². The first-order valence-electron chi connectivity index (χ1n) is 8.69. The van der Waals surface area contributed by atoms with Crippen molar-refractivity contribution in [3.05, 3.63) is 30.3 Å². The zero-order valence-corrected chi connectivity index (χ0v) is 14.4. The number of amides is 1. The number of hydrogen-bond acceptors (Lipinski definition) is 3. The van der Waals surface area contributed by atoms with Crippen molar-refractivity contribution in [2.24, 2.45) is 4.99 Å². The van der Waals surface area contributed by atoms with Gasteiger partial charge in [0.05, 0.1) is 6.54 Å². The van der Waals surface area contributed by atoms with Crippen LogP contribution in [0.2, 0.25) is 0 Å². The molecule has 24 heavy (non-hydrogen) atoms. The third-order valence-corrected chi connectivity index (χ3v) is 3.99. The standard InChI is InChI=1S/C18H28N4O2/c1-19-18(21-13-14-24-16-9-3-2-4-10-16)20-12-11-17(23)22-15-7-5-6-8-15/h2-4,9-10,15H,5-8,11-14H2,1H3,(H,22,23)(H2,19,20,21). The molecule has 0 spiro atoms. The number of aliphatic imine (C=N–C) groups is 1. The third kappa shape index (κ3) is 6.89. The van der Waals surface area contributed by atoms with Crippen LogP contribution in [0.4, 0.5) is 0 Å². The molecular weight excluding hydrogens is 304 g/mol. The van der Waals surface area contributed by atoms with Gasteiger partial charge in [-0.3, -0.25) is 9.79 Å². The molecule has 1 aromatic carbocycles. The number of benzene rings is 1. The Hall–Kier alpha value is -2.24. The van der Waals surface area contributed by atoms with E-state index < -0.39 is 0 Å². The maximum atomic E-state index is 11.9. The van der Waals surface area contributed by atoms with Crippen LogP contribution in [0.1, 0.15) is 32.1 Å². The van der Waals surface area contributed by atoms with E-state index in [2.05, 4.69) is 20.9 Å². The molecule has 0 unspecified atom stereocenters. The first kappa shape index (κ1) is 18.1. The molecule has 3 N–H and O–H groups in total. The van der Waals surface area contributed by atoms with Crippen LogP contribution in [0, 0.1) is 0 Å². The second-order valence-corrected chi connectivity index (χ2v) is 5.89. The smallest absolute Gasteiger partial charge is 0.221 e. The first-order valence-corrected chi connectivity index (χ1v) is 8.69. The van der Waals surface area contributed by atoms with Gasteiger partial charge < -0.3 is 20.7 Å². The van der Waals surface area contributed by atoms with Gasteiger partial charge in [0.2, 0.25) is 5.91 Å². The van der Waals surface area contributed by atoms with Crippen molar-refractivity contribution in [2.45, 2.75) is 38.1 Å². The van der Waals surface area contributed by atoms with Gasteiger partial charge in [-0.05, 0) is 25.0 Å². The zero-order valence-electron chi connectivity index (χ0n) is 14.4. The van der Waals surface area contributed by atoms with Crippen molar-refractivity contribution >= 4 is 11.9 Å². The van der Waals surface area contributed by atoms with E-state index in [1.54, 1.807) is 7.05 Å². The molecule has 0 aliphatic heterocycles. The lowest BCUT2D eigenvalue weighted by atomic mass is 10.2. The minimum atomic E-state index is 0.109. The highest BCUT2D eigenvalue weighted by Gasteiger charge is 2.16. The molecular formula is C18H28N4O2. The molecule has 0 radical (unpaired) electrons. The van der Waals surface area contributed by atoms with Gasteiger partial charge in [0.15, 0.2) is 5.96 Å². The Balaban J connectivity index is 1.54. The first-order chi connectivity index (χ1) is 11.8. The van der Waals surface area contributed by atoms with E-state index in [-0.39, 0.29) is 5.91 Å². The third-order valence-electron chi connectivity index (χ3n) is 3.99. The predicted molar refractivity (Wildman–Crippen MR) is 96.3 cm³/mol. The van der Waals surface area contributed by atoms with E-state index in [9.17, 15) is 4.79 Å². The Morgan fingerprint density at radius 3 is 2.58 bits per heavy atom. The number of guanidine groups is 1. The number of carbonyl (C=O) groups excluding carboxylic acids is 1. The van der Waals surface area contributed by atoms with E-state index in [0.717, 1.165) is 18.6 Å². The van der Waals surface area contributed by atoms with Gasteiger partial charge >= 0.3 is 0 Å². The number of para-hydroxylation sites is 1. The molecule has 132 valence electrons. The average molecular weight is 332 g/mol. The Morgan fingerprint density at radius 2 is 1.88 bits per heavy atom. The van der Waals surface area contributed by atoms with Crippen molar-refractivity contribution in [3.63, 3.8) is 0 Å². The lowest BCUT2D eigenvalue weighted by molar-refractivity contribution is -0.121. The number of rotatable bonds is 8. The van der Waals surface area contributed by atoms with Crippen LogP contribution in [0.25, 0.3) is 0 Å². The Bertz CT molecular complexity index is 513. The second-order valence-electron chi connectivity index (χ2n) is 5.89. The van der Waals surface area contributed by atoms with E-state index in [1.165, 1.54) is 12.8 Å². The van der Waals surface area contributed by atoms with Crippen LogP contribution >= 0.6 is 0 Å². The van der Waals surface area contributed by atoms with Crippen molar-refractivity contribution in [1.82, 2.24) is 16.0 Å². The predicted octanol–water partition coefficient (Wildman–Crippen LogP) is 1.68. The van der Waals surface area contributed by atoms with Crippen LogP contribution in [-0.2, 0) is 4.79 Å². The van der Waals surface area contributed by atoms with Crippen molar-refractivity contribution in [2.75, 3.05) is 26.7 Å². The molecule has 6 nitrogen and oxygen atoms in total. The van der Waals surface area contributed by atoms with Crippen LogP contribution in [0.5, 0.6) is 5.75 Å². The summed E-state index contributed by atoms with van der Waals surface area (Å²) in [5.74, 6) is 1.64. The SMILES string of the molecule is CN=C(NCCOc1ccccc1)NCCC(=O)NC1CCCC1. The van der Waals surface area contributed by atoms with Crippen LogP contribution < -0.4 is 20.7 Å². The summed E-state index contributed by atoms with van der Waals surface area (Å²) in [6.45, 7) is 1.76. The summed E-state index contributed by atoms with van der Waals surface area (Å²) in [5, 5.41) is 9.40. The lowest BCUT2D eigenvalue weighted by Crippen LogP contribution is -2.41. The Morgan fingerprint density at radius 1 is 1.17 bits per heavy atom. The molecule has 1 aromatic rings. The molecule has 0 saturated heterocycles. The number of hydrogen-bond donors (Lipinski definition) is 3. The lowest BCUT2D eigenvalue weighted by Gasteiger charge is -2.14. The summed E-state index contributed by atoms with van der Waals surface area (Å²) in [4.78, 5) is 16.0. The summed E-state index contributed by atoms with van der Waals surface area (Å²) in [6.07, 6.45) is 5.14. The maximum absolute atomic E-state index is 11.9. The minimum Gasteiger partial charge on any atom is -0.492 e. The molecule has 1 saturated carbocycles. The monoisotopic (exact) mass is 332 g/mol. The maximum Gasteiger partial charge on any atom is 0.221 e. The minimum absolute atomic E-state index is 0.109. The highest BCUT2D eigenvalue weighted by molar-refractivity contribution is 5.81.